The minimum absolute atomic E-state index is 0.0379. The smallest absolute Gasteiger partial charge is 0.187 e. The maximum Gasteiger partial charge on any atom is 0.187 e. The number of aromatic nitrogens is 2. The Balaban J connectivity index is 2.54. The normalized spacial score (nSPS) is 10.6. The molecule has 0 spiro atoms. The number of aliphatic hydroxyl groups is 1. The van der Waals surface area contributed by atoms with Crippen LogP contribution >= 0.6 is 11.8 Å². The van der Waals surface area contributed by atoms with Crippen molar-refractivity contribution in [2.75, 3.05) is 12.9 Å². The largest absolute Gasteiger partial charge is 0.462 e. The molecule has 0 unspecified atom stereocenters. The van der Waals surface area contributed by atoms with E-state index < -0.39 is 0 Å². The van der Waals surface area contributed by atoms with Crippen molar-refractivity contribution in [2.45, 2.75) is 5.16 Å². The molecule has 4 nitrogen and oxygen atoms in total. The topological polar surface area (TPSA) is 55.2 Å². The Labute approximate surface area is 80.7 Å². The van der Waals surface area contributed by atoms with Crippen LogP contribution in [0.3, 0.4) is 0 Å². The molecule has 0 bridgehead atoms. The zero-order chi connectivity index (χ0) is 9.52. The van der Waals surface area contributed by atoms with Gasteiger partial charge in [0.2, 0.25) is 0 Å². The van der Waals surface area contributed by atoms with Gasteiger partial charge in [-0.1, -0.05) is 11.8 Å². The molecule has 0 aliphatic rings. The van der Waals surface area contributed by atoms with Gasteiger partial charge in [0.05, 0.1) is 25.3 Å². The lowest BCUT2D eigenvalue weighted by atomic mass is 10.6. The summed E-state index contributed by atoms with van der Waals surface area (Å²) in [6.07, 6.45) is 7.96. The number of hydrogen-bond acceptors (Lipinski definition) is 5. The molecule has 0 radical (unpaired) electrons. The summed E-state index contributed by atoms with van der Waals surface area (Å²) in [7, 11) is 0. The predicted octanol–water partition coefficient (Wildman–Crippen LogP) is 1.08. The van der Waals surface area contributed by atoms with Crippen LogP contribution in [-0.2, 0) is 0 Å². The molecule has 0 atom stereocenters. The van der Waals surface area contributed by atoms with Crippen LogP contribution in [0, 0.1) is 0 Å². The highest BCUT2D eigenvalue weighted by Gasteiger charge is 1.94. The molecule has 0 saturated heterocycles. The molecule has 0 aliphatic heterocycles. The van der Waals surface area contributed by atoms with Gasteiger partial charge in [-0.2, -0.15) is 0 Å². The van der Waals surface area contributed by atoms with Gasteiger partial charge in [0.25, 0.3) is 0 Å². The summed E-state index contributed by atoms with van der Waals surface area (Å²) in [5.41, 5.74) is 0. The highest BCUT2D eigenvalue weighted by Crippen LogP contribution is 2.11. The Morgan fingerprint density at radius 3 is 2.77 bits per heavy atom. The van der Waals surface area contributed by atoms with Crippen LogP contribution in [0.4, 0.5) is 0 Å². The van der Waals surface area contributed by atoms with Crippen molar-refractivity contribution in [1.82, 2.24) is 9.97 Å². The summed E-state index contributed by atoms with van der Waals surface area (Å²) in [6, 6.07) is 0. The average molecular weight is 198 g/mol. The SMILES string of the molecule is CSc1ncc(O/C=C\CO)cn1. The molecular formula is C8H10N2O2S. The maximum atomic E-state index is 8.43. The highest BCUT2D eigenvalue weighted by molar-refractivity contribution is 7.98. The van der Waals surface area contributed by atoms with Gasteiger partial charge in [-0.05, 0) is 12.3 Å². The molecule has 0 aliphatic carbocycles. The second-order valence-electron chi connectivity index (χ2n) is 2.08. The molecule has 1 N–H and O–H groups in total. The maximum absolute atomic E-state index is 8.43. The molecule has 0 aromatic carbocycles. The molecule has 1 heterocycles. The molecule has 13 heavy (non-hydrogen) atoms. The Hall–Kier alpha value is -1.07. The molecule has 1 aromatic heterocycles. The highest BCUT2D eigenvalue weighted by atomic mass is 32.2. The third-order valence-electron chi connectivity index (χ3n) is 1.19. The first-order valence-electron chi connectivity index (χ1n) is 3.65. The van der Waals surface area contributed by atoms with Crippen molar-refractivity contribution in [3.05, 3.63) is 24.7 Å². The lowest BCUT2D eigenvalue weighted by Gasteiger charge is -1.98. The Kier molecular flexibility index (Phi) is 4.28. The van der Waals surface area contributed by atoms with Crippen molar-refractivity contribution in [3.8, 4) is 5.75 Å². The molecule has 5 heteroatoms. The lowest BCUT2D eigenvalue weighted by Crippen LogP contribution is -1.88. The summed E-state index contributed by atoms with van der Waals surface area (Å²) in [6.45, 7) is -0.0379. The minimum Gasteiger partial charge on any atom is -0.462 e. The van der Waals surface area contributed by atoms with Crippen LogP contribution in [0.1, 0.15) is 0 Å². The molecular weight excluding hydrogens is 188 g/mol. The first-order chi connectivity index (χ1) is 6.36. The fraction of sp³-hybridized carbons (Fsp3) is 0.250. The minimum atomic E-state index is -0.0379. The van der Waals surface area contributed by atoms with Crippen LogP contribution in [0.2, 0.25) is 0 Å². The van der Waals surface area contributed by atoms with E-state index in [2.05, 4.69) is 9.97 Å². The zero-order valence-electron chi connectivity index (χ0n) is 7.17. The molecule has 70 valence electrons. The van der Waals surface area contributed by atoms with E-state index >= 15 is 0 Å². The predicted molar refractivity (Wildman–Crippen MR) is 50.7 cm³/mol. The number of thioether (sulfide) groups is 1. The molecule has 1 aromatic rings. The first kappa shape index (κ1) is 10.0. The van der Waals surface area contributed by atoms with Gasteiger partial charge in [-0.25, -0.2) is 9.97 Å². The van der Waals surface area contributed by atoms with E-state index in [4.69, 9.17) is 9.84 Å². The summed E-state index contributed by atoms with van der Waals surface area (Å²) < 4.78 is 5.07. The average Bonchev–Trinajstić information content (AvgIpc) is 2.19. The van der Waals surface area contributed by atoms with Crippen molar-refractivity contribution in [1.29, 1.82) is 0 Å². The molecule has 1 rings (SSSR count). The quantitative estimate of drug-likeness (QED) is 0.446. The van der Waals surface area contributed by atoms with Crippen LogP contribution < -0.4 is 4.74 Å². The van der Waals surface area contributed by atoms with Crippen LogP contribution in [0.25, 0.3) is 0 Å². The van der Waals surface area contributed by atoms with Gasteiger partial charge in [0.1, 0.15) is 0 Å². The molecule has 0 fully saturated rings. The van der Waals surface area contributed by atoms with Crippen molar-refractivity contribution >= 4 is 11.8 Å². The number of aliphatic hydroxyl groups excluding tert-OH is 1. The zero-order valence-corrected chi connectivity index (χ0v) is 7.99. The first-order valence-corrected chi connectivity index (χ1v) is 4.88. The summed E-state index contributed by atoms with van der Waals surface area (Å²) in [4.78, 5) is 8.01. The van der Waals surface area contributed by atoms with Gasteiger partial charge in [0, 0.05) is 0 Å². The van der Waals surface area contributed by atoms with Gasteiger partial charge in [-0.15, -0.1) is 0 Å². The van der Waals surface area contributed by atoms with E-state index in [9.17, 15) is 0 Å². The lowest BCUT2D eigenvalue weighted by molar-refractivity contribution is 0.337. The van der Waals surface area contributed by atoms with Crippen LogP contribution in [0.5, 0.6) is 5.75 Å². The second kappa shape index (κ2) is 5.55. The third kappa shape index (κ3) is 3.43. The molecule has 0 amide bonds. The van der Waals surface area contributed by atoms with Gasteiger partial charge in [-0.3, -0.25) is 0 Å². The number of nitrogens with zero attached hydrogens (tertiary/aromatic N) is 2. The number of hydrogen-bond donors (Lipinski definition) is 1. The number of ether oxygens (including phenoxy) is 1. The standard InChI is InChI=1S/C8H10N2O2S/c1-13-8-9-5-7(6-10-8)12-4-2-3-11/h2,4-6,11H,3H2,1H3/b4-2-. The van der Waals surface area contributed by atoms with Crippen molar-refractivity contribution in [2.24, 2.45) is 0 Å². The van der Waals surface area contributed by atoms with E-state index in [0.29, 0.717) is 10.9 Å². The molecule has 0 saturated carbocycles. The Morgan fingerprint density at radius 2 is 2.23 bits per heavy atom. The summed E-state index contributed by atoms with van der Waals surface area (Å²) >= 11 is 1.47. The van der Waals surface area contributed by atoms with E-state index in [-0.39, 0.29) is 6.61 Å². The van der Waals surface area contributed by atoms with Crippen molar-refractivity contribution in [3.63, 3.8) is 0 Å². The van der Waals surface area contributed by atoms with E-state index in [1.807, 2.05) is 6.26 Å². The van der Waals surface area contributed by atoms with E-state index in [1.54, 1.807) is 12.4 Å². The fourth-order valence-electron chi connectivity index (χ4n) is 0.640. The van der Waals surface area contributed by atoms with Crippen LogP contribution in [-0.4, -0.2) is 27.9 Å². The second-order valence-corrected chi connectivity index (χ2v) is 2.85. The third-order valence-corrected chi connectivity index (χ3v) is 1.77. The fourth-order valence-corrected chi connectivity index (χ4v) is 0.957. The van der Waals surface area contributed by atoms with Gasteiger partial charge >= 0.3 is 0 Å². The Morgan fingerprint density at radius 1 is 1.54 bits per heavy atom. The summed E-state index contributed by atoms with van der Waals surface area (Å²) in [5, 5.41) is 9.13. The Bertz CT molecular complexity index is 274. The van der Waals surface area contributed by atoms with E-state index in [0.717, 1.165) is 0 Å². The van der Waals surface area contributed by atoms with Gasteiger partial charge < -0.3 is 9.84 Å². The van der Waals surface area contributed by atoms with Gasteiger partial charge in [0.15, 0.2) is 10.9 Å². The summed E-state index contributed by atoms with van der Waals surface area (Å²) in [5.74, 6) is 0.558. The monoisotopic (exact) mass is 198 g/mol. The van der Waals surface area contributed by atoms with Crippen molar-refractivity contribution < 1.29 is 9.84 Å². The van der Waals surface area contributed by atoms with Crippen LogP contribution in [0.15, 0.2) is 29.9 Å². The number of rotatable bonds is 4. The van der Waals surface area contributed by atoms with E-state index in [1.165, 1.54) is 24.1 Å².